The minimum atomic E-state index is -0.586. The topological polar surface area (TPSA) is 62.1 Å². The molecule has 0 atom stereocenters. The molecule has 12 aromatic rings. The summed E-state index contributed by atoms with van der Waals surface area (Å²) in [5, 5.41) is 2.44. The first kappa shape index (κ1) is 39.7. The van der Waals surface area contributed by atoms with Crippen LogP contribution in [-0.2, 0) is 5.41 Å². The highest BCUT2D eigenvalue weighted by atomic mass is 16.6. The fourth-order valence-corrected chi connectivity index (χ4v) is 11.0. The second kappa shape index (κ2) is 15.9. The van der Waals surface area contributed by atoms with E-state index in [-0.39, 0.29) is 0 Å². The van der Waals surface area contributed by atoms with Gasteiger partial charge in [-0.15, -0.1) is 0 Å². The Hall–Kier alpha value is -9.39. The number of rotatable bonds is 7. The van der Waals surface area contributed by atoms with Crippen LogP contribution in [-0.4, -0.2) is 19.5 Å². The SMILES string of the molecule is c1ccc(-c2nc(-c3ccc(-n4c5ccccc5c5ccccc54)cc3)nc(-c3ccccc3-c3cccc4c3Oc3c(ccc5c3-c3ccccc3C5(c3ccccc3)c3ccccc3)O4)n2)cc1. The molecule has 0 unspecified atom stereocenters. The Morgan fingerprint density at radius 1 is 0.329 bits per heavy atom. The molecule has 3 heterocycles. The van der Waals surface area contributed by atoms with Crippen molar-refractivity contribution in [2.75, 3.05) is 0 Å². The summed E-state index contributed by atoms with van der Waals surface area (Å²) in [6.07, 6.45) is 0. The Labute approximate surface area is 404 Å². The van der Waals surface area contributed by atoms with Crippen molar-refractivity contribution in [1.29, 1.82) is 0 Å². The van der Waals surface area contributed by atoms with Crippen LogP contribution in [0.15, 0.2) is 243 Å². The van der Waals surface area contributed by atoms with Crippen molar-refractivity contribution < 1.29 is 9.47 Å². The molecule has 0 saturated heterocycles. The monoisotopic (exact) mass is 896 g/mol. The van der Waals surface area contributed by atoms with Crippen LogP contribution in [0.5, 0.6) is 23.0 Å². The Balaban J connectivity index is 0.904. The molecule has 2 aromatic heterocycles. The number of benzene rings is 10. The Morgan fingerprint density at radius 3 is 1.51 bits per heavy atom. The van der Waals surface area contributed by atoms with Gasteiger partial charge in [0.25, 0.3) is 0 Å². The van der Waals surface area contributed by atoms with Crippen LogP contribution < -0.4 is 9.47 Å². The van der Waals surface area contributed by atoms with Gasteiger partial charge in [-0.25, -0.2) is 15.0 Å². The molecule has 1 aliphatic carbocycles. The van der Waals surface area contributed by atoms with E-state index in [1.54, 1.807) is 0 Å². The van der Waals surface area contributed by atoms with E-state index in [9.17, 15) is 0 Å². The zero-order valence-corrected chi connectivity index (χ0v) is 37.7. The molecule has 0 saturated carbocycles. The van der Waals surface area contributed by atoms with E-state index >= 15 is 0 Å². The first-order chi connectivity index (χ1) is 34.7. The van der Waals surface area contributed by atoms with Gasteiger partial charge in [0.2, 0.25) is 0 Å². The molecule has 0 bridgehead atoms. The number of ether oxygens (including phenoxy) is 2. The van der Waals surface area contributed by atoms with Crippen LogP contribution in [0.4, 0.5) is 0 Å². The lowest BCUT2D eigenvalue weighted by Crippen LogP contribution is -2.28. The predicted molar refractivity (Wildman–Crippen MR) is 280 cm³/mol. The summed E-state index contributed by atoms with van der Waals surface area (Å²) in [6.45, 7) is 0. The Morgan fingerprint density at radius 2 is 0.843 bits per heavy atom. The minimum Gasteiger partial charge on any atom is -0.449 e. The van der Waals surface area contributed by atoms with Crippen molar-refractivity contribution >= 4 is 21.8 Å². The first-order valence-electron chi connectivity index (χ1n) is 23.6. The summed E-state index contributed by atoms with van der Waals surface area (Å²) in [5.74, 6) is 4.32. The number of para-hydroxylation sites is 3. The van der Waals surface area contributed by atoms with E-state index in [1.807, 2.05) is 54.6 Å². The van der Waals surface area contributed by atoms with E-state index in [2.05, 4.69) is 193 Å². The number of hydrogen-bond donors (Lipinski definition) is 0. The third kappa shape index (κ3) is 6.03. The average molecular weight is 897 g/mol. The van der Waals surface area contributed by atoms with E-state index in [1.165, 1.54) is 27.5 Å². The lowest BCUT2D eigenvalue weighted by Gasteiger charge is -2.34. The first-order valence-corrected chi connectivity index (χ1v) is 23.6. The van der Waals surface area contributed by atoms with Gasteiger partial charge in [-0.3, -0.25) is 0 Å². The van der Waals surface area contributed by atoms with Crippen molar-refractivity contribution in [1.82, 2.24) is 19.5 Å². The van der Waals surface area contributed by atoms with Gasteiger partial charge in [-0.2, -0.15) is 0 Å². The maximum atomic E-state index is 7.32. The normalized spacial score (nSPS) is 12.9. The Bertz CT molecular complexity index is 3910. The fraction of sp³-hybridized carbons (Fsp3) is 0.0156. The lowest BCUT2D eigenvalue weighted by atomic mass is 9.68. The molecule has 328 valence electrons. The zero-order valence-electron chi connectivity index (χ0n) is 37.7. The molecule has 0 N–H and O–H groups in total. The highest BCUT2D eigenvalue weighted by Gasteiger charge is 2.48. The van der Waals surface area contributed by atoms with E-state index in [0.717, 1.165) is 61.2 Å². The van der Waals surface area contributed by atoms with Crippen LogP contribution in [0.25, 0.3) is 83.9 Å². The van der Waals surface area contributed by atoms with Gasteiger partial charge in [-0.1, -0.05) is 194 Å². The standard InChI is InChI=1S/C64H40N4O2/c1-4-19-41(20-5-1)61-65-62(42-35-37-45(38-36-42)68-54-32-16-13-26-47(54)48-27-14-17-33-55(48)68)67-63(66-61)50-28-11-10-25-46(50)49-30-18-34-56-59(49)70-60-57(69-56)40-39-53-58(60)51-29-12-15-31-52(51)64(53,43-21-6-2-7-22-43)44-23-8-3-9-24-44/h1-40H. The molecule has 10 aromatic carbocycles. The highest BCUT2D eigenvalue weighted by Crippen LogP contribution is 2.63. The van der Waals surface area contributed by atoms with Crippen LogP contribution in [0.2, 0.25) is 0 Å². The lowest BCUT2D eigenvalue weighted by molar-refractivity contribution is 0.361. The molecule has 14 rings (SSSR count). The molecule has 70 heavy (non-hydrogen) atoms. The van der Waals surface area contributed by atoms with Crippen molar-refractivity contribution in [3.8, 4) is 85.1 Å². The third-order valence-electron chi connectivity index (χ3n) is 14.0. The number of hydrogen-bond acceptors (Lipinski definition) is 5. The number of fused-ring (bicyclic) bond motifs is 9. The van der Waals surface area contributed by atoms with Gasteiger partial charge < -0.3 is 14.0 Å². The molecule has 1 aliphatic heterocycles. The highest BCUT2D eigenvalue weighted by molar-refractivity contribution is 6.09. The van der Waals surface area contributed by atoms with Crippen molar-refractivity contribution in [3.05, 3.63) is 265 Å². The second-order valence-corrected chi connectivity index (χ2v) is 17.8. The maximum absolute atomic E-state index is 7.32. The van der Waals surface area contributed by atoms with Gasteiger partial charge >= 0.3 is 0 Å². The molecule has 0 amide bonds. The third-order valence-corrected chi connectivity index (χ3v) is 14.0. The number of nitrogens with zero attached hydrogens (tertiary/aromatic N) is 4. The molecular weight excluding hydrogens is 857 g/mol. The molecule has 0 fully saturated rings. The smallest absolute Gasteiger partial charge is 0.178 e. The minimum absolute atomic E-state index is 0.547. The summed E-state index contributed by atoms with van der Waals surface area (Å²) in [4.78, 5) is 15.6. The maximum Gasteiger partial charge on any atom is 0.178 e. The molecule has 2 aliphatic rings. The second-order valence-electron chi connectivity index (χ2n) is 17.8. The quantitative estimate of drug-likeness (QED) is 0.159. The average Bonchev–Trinajstić information content (AvgIpc) is 3.94. The van der Waals surface area contributed by atoms with Gasteiger partial charge in [0.05, 0.1) is 16.4 Å². The summed E-state index contributed by atoms with van der Waals surface area (Å²) < 4.78 is 16.5. The summed E-state index contributed by atoms with van der Waals surface area (Å²) >= 11 is 0. The van der Waals surface area contributed by atoms with Crippen LogP contribution >= 0.6 is 0 Å². The van der Waals surface area contributed by atoms with Gasteiger partial charge in [0.15, 0.2) is 40.5 Å². The fourth-order valence-electron chi connectivity index (χ4n) is 11.0. The predicted octanol–water partition coefficient (Wildman–Crippen LogP) is 15.9. The van der Waals surface area contributed by atoms with Crippen LogP contribution in [0.1, 0.15) is 22.3 Å². The Kier molecular flexibility index (Phi) is 9.01. The van der Waals surface area contributed by atoms with Crippen LogP contribution in [0, 0.1) is 0 Å². The zero-order chi connectivity index (χ0) is 46.2. The van der Waals surface area contributed by atoms with Crippen molar-refractivity contribution in [3.63, 3.8) is 0 Å². The summed E-state index contributed by atoms with van der Waals surface area (Å²) in [7, 11) is 0. The molecule has 0 radical (unpaired) electrons. The molecule has 0 spiro atoms. The molecular formula is C64H40N4O2. The van der Waals surface area contributed by atoms with Gasteiger partial charge in [0, 0.05) is 44.3 Å². The number of aromatic nitrogens is 4. The van der Waals surface area contributed by atoms with Crippen LogP contribution in [0.3, 0.4) is 0 Å². The summed E-state index contributed by atoms with van der Waals surface area (Å²) in [5.41, 5.74) is 14.0. The summed E-state index contributed by atoms with van der Waals surface area (Å²) in [6, 6.07) is 84.7. The van der Waals surface area contributed by atoms with Crippen molar-refractivity contribution in [2.45, 2.75) is 5.41 Å². The van der Waals surface area contributed by atoms with E-state index in [4.69, 9.17) is 24.4 Å². The van der Waals surface area contributed by atoms with Gasteiger partial charge in [0.1, 0.15) is 0 Å². The molecule has 6 nitrogen and oxygen atoms in total. The molecule has 6 heteroatoms. The van der Waals surface area contributed by atoms with Crippen molar-refractivity contribution in [2.24, 2.45) is 0 Å². The largest absolute Gasteiger partial charge is 0.449 e. The van der Waals surface area contributed by atoms with E-state index in [0.29, 0.717) is 40.5 Å². The van der Waals surface area contributed by atoms with Gasteiger partial charge in [-0.05, 0) is 81.9 Å². The van der Waals surface area contributed by atoms with E-state index < -0.39 is 5.41 Å².